The van der Waals surface area contributed by atoms with Gasteiger partial charge < -0.3 is 20.8 Å². The van der Waals surface area contributed by atoms with Gasteiger partial charge in [-0.3, -0.25) is 0 Å². The molecule has 0 aromatic heterocycles. The van der Waals surface area contributed by atoms with Crippen molar-refractivity contribution in [2.75, 3.05) is 13.2 Å². The summed E-state index contributed by atoms with van der Waals surface area (Å²) in [5.74, 6) is -1.27. The number of carbonyl (C=O) groups is 2. The van der Waals surface area contributed by atoms with Crippen molar-refractivity contribution in [1.82, 2.24) is 10.6 Å². The SMILES string of the molecule is CC(C)=CCNC(=O)N[C@H](CO)C(=O)O. The lowest BCUT2D eigenvalue weighted by atomic mass is 10.3. The Morgan fingerprint density at radius 3 is 2.40 bits per heavy atom. The van der Waals surface area contributed by atoms with Crippen LogP contribution in [-0.2, 0) is 4.79 Å². The molecular formula is C9H16N2O4. The highest BCUT2D eigenvalue weighted by atomic mass is 16.4. The minimum absolute atomic E-state index is 0.325. The molecule has 0 saturated heterocycles. The van der Waals surface area contributed by atoms with Gasteiger partial charge in [0.1, 0.15) is 0 Å². The maximum atomic E-state index is 11.1. The Balaban J connectivity index is 3.92. The van der Waals surface area contributed by atoms with E-state index >= 15 is 0 Å². The smallest absolute Gasteiger partial charge is 0.328 e. The van der Waals surface area contributed by atoms with Crippen LogP contribution in [0.1, 0.15) is 13.8 Å². The summed E-state index contributed by atoms with van der Waals surface area (Å²) in [5.41, 5.74) is 1.05. The number of carboxylic acid groups (broad SMARTS) is 1. The van der Waals surface area contributed by atoms with Gasteiger partial charge in [0.15, 0.2) is 6.04 Å². The number of rotatable bonds is 5. The summed E-state index contributed by atoms with van der Waals surface area (Å²) in [7, 11) is 0. The van der Waals surface area contributed by atoms with Gasteiger partial charge in [-0.2, -0.15) is 0 Å². The third kappa shape index (κ3) is 6.50. The van der Waals surface area contributed by atoms with Crippen LogP contribution >= 0.6 is 0 Å². The first-order valence-electron chi connectivity index (χ1n) is 4.48. The fourth-order valence-corrected chi connectivity index (χ4v) is 0.743. The number of urea groups is 1. The van der Waals surface area contributed by atoms with E-state index in [2.05, 4.69) is 10.6 Å². The van der Waals surface area contributed by atoms with Gasteiger partial charge in [-0.1, -0.05) is 11.6 Å². The Labute approximate surface area is 88.0 Å². The summed E-state index contributed by atoms with van der Waals surface area (Å²) >= 11 is 0. The van der Waals surface area contributed by atoms with Crippen molar-refractivity contribution >= 4 is 12.0 Å². The van der Waals surface area contributed by atoms with Crippen molar-refractivity contribution in [2.24, 2.45) is 0 Å². The quantitative estimate of drug-likeness (QED) is 0.474. The van der Waals surface area contributed by atoms with E-state index in [4.69, 9.17) is 10.2 Å². The molecule has 15 heavy (non-hydrogen) atoms. The summed E-state index contributed by atoms with van der Waals surface area (Å²) in [4.78, 5) is 21.5. The zero-order valence-electron chi connectivity index (χ0n) is 8.78. The predicted molar refractivity (Wildman–Crippen MR) is 54.5 cm³/mol. The number of carbonyl (C=O) groups excluding carboxylic acids is 1. The lowest BCUT2D eigenvalue weighted by Gasteiger charge is -2.11. The molecule has 0 aliphatic rings. The molecule has 0 radical (unpaired) electrons. The van der Waals surface area contributed by atoms with Crippen LogP contribution in [0.4, 0.5) is 4.79 Å². The van der Waals surface area contributed by atoms with Gasteiger partial charge in [-0.25, -0.2) is 9.59 Å². The second-order valence-electron chi connectivity index (χ2n) is 3.21. The van der Waals surface area contributed by atoms with Gasteiger partial charge in [0.25, 0.3) is 0 Å². The number of hydrogen-bond donors (Lipinski definition) is 4. The number of aliphatic hydroxyl groups excluding tert-OH is 1. The van der Waals surface area contributed by atoms with E-state index in [0.717, 1.165) is 5.57 Å². The summed E-state index contributed by atoms with van der Waals surface area (Å²) < 4.78 is 0. The van der Waals surface area contributed by atoms with Crippen molar-refractivity contribution in [3.05, 3.63) is 11.6 Å². The fourth-order valence-electron chi connectivity index (χ4n) is 0.743. The van der Waals surface area contributed by atoms with Gasteiger partial charge in [0, 0.05) is 6.54 Å². The average Bonchev–Trinajstić information content (AvgIpc) is 2.13. The Morgan fingerprint density at radius 1 is 1.40 bits per heavy atom. The highest BCUT2D eigenvalue weighted by Crippen LogP contribution is 1.86. The molecule has 0 unspecified atom stereocenters. The van der Waals surface area contributed by atoms with Gasteiger partial charge in [0.05, 0.1) is 6.61 Å². The van der Waals surface area contributed by atoms with Crippen LogP contribution in [0.2, 0.25) is 0 Å². The molecule has 0 fully saturated rings. The number of aliphatic hydroxyl groups is 1. The van der Waals surface area contributed by atoms with E-state index in [-0.39, 0.29) is 0 Å². The predicted octanol–water partition coefficient (Wildman–Crippen LogP) is -0.303. The standard InChI is InChI=1S/C9H16N2O4/c1-6(2)3-4-10-9(15)11-7(5-12)8(13)14/h3,7,12H,4-5H2,1-2H3,(H,13,14)(H2,10,11,15)/t7-/m1/s1. The third-order valence-corrected chi connectivity index (χ3v) is 1.56. The minimum atomic E-state index is -1.27. The number of carboxylic acids is 1. The monoisotopic (exact) mass is 216 g/mol. The van der Waals surface area contributed by atoms with E-state index in [1.165, 1.54) is 0 Å². The summed E-state index contributed by atoms with van der Waals surface area (Å²) in [5, 5.41) is 21.7. The summed E-state index contributed by atoms with van der Waals surface area (Å²) in [6, 6.07) is -1.88. The van der Waals surface area contributed by atoms with Crippen LogP contribution in [0.15, 0.2) is 11.6 Å². The van der Waals surface area contributed by atoms with Crippen LogP contribution in [0.5, 0.6) is 0 Å². The van der Waals surface area contributed by atoms with E-state index < -0.39 is 24.6 Å². The Bertz CT molecular complexity index is 259. The molecular weight excluding hydrogens is 200 g/mol. The molecule has 0 spiro atoms. The minimum Gasteiger partial charge on any atom is -0.480 e. The molecule has 0 heterocycles. The van der Waals surface area contributed by atoms with Gasteiger partial charge >= 0.3 is 12.0 Å². The number of nitrogens with one attached hydrogen (secondary N) is 2. The molecule has 0 aromatic carbocycles. The first-order chi connectivity index (χ1) is 6.97. The Morgan fingerprint density at radius 2 is 2.00 bits per heavy atom. The first-order valence-corrected chi connectivity index (χ1v) is 4.48. The number of hydrogen-bond acceptors (Lipinski definition) is 3. The molecule has 1 atom stereocenters. The molecule has 0 aromatic rings. The lowest BCUT2D eigenvalue weighted by molar-refractivity contribution is -0.140. The molecule has 2 amide bonds. The molecule has 0 aliphatic heterocycles. The van der Waals surface area contributed by atoms with Crippen molar-refractivity contribution in [1.29, 1.82) is 0 Å². The second kappa shape index (κ2) is 6.83. The van der Waals surface area contributed by atoms with Crippen LogP contribution in [0.25, 0.3) is 0 Å². The Kier molecular flexibility index (Phi) is 6.12. The van der Waals surface area contributed by atoms with Crippen LogP contribution < -0.4 is 10.6 Å². The molecule has 0 rings (SSSR count). The van der Waals surface area contributed by atoms with E-state index in [1.54, 1.807) is 6.08 Å². The van der Waals surface area contributed by atoms with Crippen LogP contribution in [-0.4, -0.2) is 41.4 Å². The topological polar surface area (TPSA) is 98.7 Å². The maximum Gasteiger partial charge on any atom is 0.328 e. The van der Waals surface area contributed by atoms with E-state index in [1.807, 2.05) is 13.8 Å². The molecule has 6 heteroatoms. The Hall–Kier alpha value is -1.56. The zero-order valence-corrected chi connectivity index (χ0v) is 8.78. The normalized spacial score (nSPS) is 11.4. The second-order valence-corrected chi connectivity index (χ2v) is 3.21. The van der Waals surface area contributed by atoms with Gasteiger partial charge in [-0.05, 0) is 13.8 Å². The molecule has 6 nitrogen and oxygen atoms in total. The largest absolute Gasteiger partial charge is 0.480 e. The molecule has 0 bridgehead atoms. The fraction of sp³-hybridized carbons (Fsp3) is 0.556. The van der Waals surface area contributed by atoms with Crippen LogP contribution in [0.3, 0.4) is 0 Å². The molecule has 4 N–H and O–H groups in total. The highest BCUT2D eigenvalue weighted by molar-refractivity contribution is 5.82. The number of amides is 2. The number of allylic oxidation sites excluding steroid dienone is 1. The van der Waals surface area contributed by atoms with Gasteiger partial charge in [0.2, 0.25) is 0 Å². The van der Waals surface area contributed by atoms with E-state index in [0.29, 0.717) is 6.54 Å². The first kappa shape index (κ1) is 13.4. The number of aliphatic carboxylic acids is 1. The average molecular weight is 216 g/mol. The van der Waals surface area contributed by atoms with Crippen molar-refractivity contribution in [2.45, 2.75) is 19.9 Å². The molecule has 86 valence electrons. The van der Waals surface area contributed by atoms with Crippen molar-refractivity contribution < 1.29 is 19.8 Å². The summed E-state index contributed by atoms with van der Waals surface area (Å²) in [6.45, 7) is 3.46. The van der Waals surface area contributed by atoms with Gasteiger partial charge in [-0.15, -0.1) is 0 Å². The summed E-state index contributed by atoms with van der Waals surface area (Å²) in [6.07, 6.45) is 1.79. The zero-order chi connectivity index (χ0) is 11.8. The third-order valence-electron chi connectivity index (χ3n) is 1.56. The highest BCUT2D eigenvalue weighted by Gasteiger charge is 2.17. The van der Waals surface area contributed by atoms with Crippen molar-refractivity contribution in [3.8, 4) is 0 Å². The molecule has 0 saturated carbocycles. The van der Waals surface area contributed by atoms with Crippen LogP contribution in [0, 0.1) is 0 Å². The van der Waals surface area contributed by atoms with Crippen molar-refractivity contribution in [3.63, 3.8) is 0 Å². The molecule has 0 aliphatic carbocycles. The maximum absolute atomic E-state index is 11.1. The lowest BCUT2D eigenvalue weighted by Crippen LogP contribution is -2.47. The van der Waals surface area contributed by atoms with E-state index in [9.17, 15) is 9.59 Å².